The molecule has 0 heterocycles. The lowest BCUT2D eigenvalue weighted by molar-refractivity contribution is -0.119. The van der Waals surface area contributed by atoms with Crippen molar-refractivity contribution in [2.75, 3.05) is 39.5 Å². The predicted octanol–water partition coefficient (Wildman–Crippen LogP) is 3.06. The Morgan fingerprint density at radius 1 is 0.531 bits per heavy atom. The van der Waals surface area contributed by atoms with Gasteiger partial charge in [0.1, 0.15) is 0 Å². The van der Waals surface area contributed by atoms with Crippen LogP contribution in [0.25, 0.3) is 0 Å². The van der Waals surface area contributed by atoms with E-state index in [2.05, 4.69) is 16.0 Å². The average Bonchev–Trinajstić information content (AvgIpc) is 2.71. The Bertz CT molecular complexity index is 500. The number of carbonyl (C=O) groups excluding carboxylic acids is 3. The SMILES string of the molecule is CC(=O)NCCCCCOP(=O)(OCCCCCNC(C)=O)OCCCCCNC(C)=O. The number of phosphoric acid groups is 1. The van der Waals surface area contributed by atoms with Gasteiger partial charge in [-0.25, -0.2) is 4.57 Å². The Morgan fingerprint density at radius 3 is 1.06 bits per heavy atom. The predicted molar refractivity (Wildman–Crippen MR) is 123 cm³/mol. The van der Waals surface area contributed by atoms with Crippen LogP contribution < -0.4 is 16.0 Å². The molecule has 0 radical (unpaired) electrons. The molecule has 0 aliphatic carbocycles. The van der Waals surface area contributed by atoms with Crippen LogP contribution in [0.3, 0.4) is 0 Å². The molecule has 0 aromatic rings. The molecule has 0 fully saturated rings. The molecule has 188 valence electrons. The maximum atomic E-state index is 12.9. The lowest BCUT2D eigenvalue weighted by Crippen LogP contribution is -2.20. The second kappa shape index (κ2) is 20.1. The maximum Gasteiger partial charge on any atom is 0.474 e. The van der Waals surface area contributed by atoms with Crippen LogP contribution in [0.5, 0.6) is 0 Å². The summed E-state index contributed by atoms with van der Waals surface area (Å²) in [5.41, 5.74) is 0. The minimum absolute atomic E-state index is 0.0540. The molecule has 3 amide bonds. The second-order valence-corrected chi connectivity index (χ2v) is 9.25. The number of nitrogens with one attached hydrogen (secondary N) is 3. The number of amides is 3. The Kier molecular flexibility index (Phi) is 19.2. The van der Waals surface area contributed by atoms with Crippen LogP contribution in [0.1, 0.15) is 78.6 Å². The number of rotatable bonds is 21. The molecule has 11 heteroatoms. The van der Waals surface area contributed by atoms with Crippen LogP contribution in [0.4, 0.5) is 0 Å². The molecule has 0 rings (SSSR count). The van der Waals surface area contributed by atoms with Gasteiger partial charge in [-0.2, -0.15) is 0 Å². The molecule has 0 saturated heterocycles. The maximum absolute atomic E-state index is 12.9. The molecule has 3 N–H and O–H groups in total. The minimum atomic E-state index is -3.64. The van der Waals surface area contributed by atoms with Gasteiger partial charge >= 0.3 is 7.82 Å². The molecule has 0 aromatic carbocycles. The number of carbonyl (C=O) groups is 3. The van der Waals surface area contributed by atoms with E-state index in [-0.39, 0.29) is 37.5 Å². The summed E-state index contributed by atoms with van der Waals surface area (Å²) >= 11 is 0. The first-order valence-electron chi connectivity index (χ1n) is 11.5. The largest absolute Gasteiger partial charge is 0.474 e. The Hall–Kier alpha value is -1.48. The molecule has 32 heavy (non-hydrogen) atoms. The summed E-state index contributed by atoms with van der Waals surface area (Å²) in [5, 5.41) is 8.20. The first-order valence-corrected chi connectivity index (χ1v) is 13.0. The Balaban J connectivity index is 4.17. The second-order valence-electron chi connectivity index (χ2n) is 7.58. The van der Waals surface area contributed by atoms with Crippen molar-refractivity contribution in [3.05, 3.63) is 0 Å². The van der Waals surface area contributed by atoms with E-state index in [0.717, 1.165) is 38.5 Å². The summed E-state index contributed by atoms with van der Waals surface area (Å²) in [6.07, 6.45) is 6.98. The van der Waals surface area contributed by atoms with Crippen molar-refractivity contribution in [2.24, 2.45) is 0 Å². The van der Waals surface area contributed by atoms with Gasteiger partial charge in [0.05, 0.1) is 19.8 Å². The van der Waals surface area contributed by atoms with Gasteiger partial charge in [-0.1, -0.05) is 0 Å². The van der Waals surface area contributed by atoms with Crippen molar-refractivity contribution >= 4 is 25.5 Å². The smallest absolute Gasteiger partial charge is 0.356 e. The highest BCUT2D eigenvalue weighted by atomic mass is 31.2. The molecule has 0 spiro atoms. The van der Waals surface area contributed by atoms with Crippen molar-refractivity contribution < 1.29 is 32.5 Å². The number of hydrogen-bond acceptors (Lipinski definition) is 7. The standard InChI is InChI=1S/C21H42N3O7P/c1-19(25)22-13-7-4-10-16-29-32(28,30-17-11-5-8-14-23-20(2)26)31-18-12-6-9-15-24-21(3)27/h4-18H2,1-3H3,(H,22,25)(H,23,26)(H,24,27). The lowest BCUT2D eigenvalue weighted by Gasteiger charge is -2.18. The van der Waals surface area contributed by atoms with Crippen molar-refractivity contribution in [3.63, 3.8) is 0 Å². The molecule has 0 aliphatic heterocycles. The van der Waals surface area contributed by atoms with E-state index < -0.39 is 7.82 Å². The first kappa shape index (κ1) is 30.5. The number of phosphoric ester groups is 1. The van der Waals surface area contributed by atoms with Crippen molar-refractivity contribution in [2.45, 2.75) is 78.6 Å². The molecular weight excluding hydrogens is 437 g/mol. The van der Waals surface area contributed by atoms with Crippen molar-refractivity contribution in [1.29, 1.82) is 0 Å². The normalized spacial score (nSPS) is 11.2. The highest BCUT2D eigenvalue weighted by molar-refractivity contribution is 7.48. The molecule has 0 aliphatic rings. The van der Waals surface area contributed by atoms with Gasteiger partial charge in [0, 0.05) is 40.4 Å². The van der Waals surface area contributed by atoms with E-state index in [1.165, 1.54) is 20.8 Å². The summed E-state index contributed by atoms with van der Waals surface area (Å²) in [4.78, 5) is 32.5. The fraction of sp³-hybridized carbons (Fsp3) is 0.857. The van der Waals surface area contributed by atoms with Crippen molar-refractivity contribution in [3.8, 4) is 0 Å². The summed E-state index contributed by atoms with van der Waals surface area (Å²) in [7, 11) is -3.64. The molecule has 0 atom stereocenters. The monoisotopic (exact) mass is 479 g/mol. The van der Waals surface area contributed by atoms with Gasteiger partial charge in [0.15, 0.2) is 0 Å². The van der Waals surface area contributed by atoms with E-state index in [9.17, 15) is 18.9 Å². The third kappa shape index (κ3) is 21.7. The summed E-state index contributed by atoms with van der Waals surface area (Å²) in [6.45, 7) is 7.02. The van der Waals surface area contributed by atoms with Gasteiger partial charge < -0.3 is 16.0 Å². The average molecular weight is 480 g/mol. The number of unbranched alkanes of at least 4 members (excludes halogenated alkanes) is 6. The highest BCUT2D eigenvalue weighted by Crippen LogP contribution is 2.49. The summed E-state index contributed by atoms with van der Waals surface area (Å²) < 4.78 is 29.4. The zero-order valence-corrected chi connectivity index (χ0v) is 20.8. The van der Waals surface area contributed by atoms with E-state index in [0.29, 0.717) is 38.9 Å². The lowest BCUT2D eigenvalue weighted by atomic mass is 10.2. The molecule has 0 unspecified atom stereocenters. The highest BCUT2D eigenvalue weighted by Gasteiger charge is 2.26. The number of hydrogen-bond donors (Lipinski definition) is 3. The van der Waals surface area contributed by atoms with Crippen LogP contribution in [0, 0.1) is 0 Å². The molecule has 10 nitrogen and oxygen atoms in total. The fourth-order valence-corrected chi connectivity index (χ4v) is 3.93. The van der Waals surface area contributed by atoms with Gasteiger partial charge in [0.25, 0.3) is 0 Å². The van der Waals surface area contributed by atoms with Crippen LogP contribution in [-0.2, 0) is 32.5 Å². The van der Waals surface area contributed by atoms with E-state index >= 15 is 0 Å². The van der Waals surface area contributed by atoms with Crippen molar-refractivity contribution in [1.82, 2.24) is 16.0 Å². The topological polar surface area (TPSA) is 132 Å². The fourth-order valence-electron chi connectivity index (χ4n) is 2.65. The zero-order chi connectivity index (χ0) is 24.1. The van der Waals surface area contributed by atoms with E-state index in [1.807, 2.05) is 0 Å². The quantitative estimate of drug-likeness (QED) is 0.170. The van der Waals surface area contributed by atoms with Crippen LogP contribution in [0.2, 0.25) is 0 Å². The Labute approximate surface area is 192 Å². The molecule has 0 saturated carbocycles. The van der Waals surface area contributed by atoms with Crippen LogP contribution >= 0.6 is 7.82 Å². The Morgan fingerprint density at radius 2 is 0.812 bits per heavy atom. The molecule has 0 bridgehead atoms. The van der Waals surface area contributed by atoms with Gasteiger partial charge in [-0.3, -0.25) is 28.0 Å². The van der Waals surface area contributed by atoms with E-state index in [4.69, 9.17) is 13.6 Å². The van der Waals surface area contributed by atoms with Gasteiger partial charge in [-0.15, -0.1) is 0 Å². The third-order valence-electron chi connectivity index (χ3n) is 4.33. The van der Waals surface area contributed by atoms with E-state index in [1.54, 1.807) is 0 Å². The summed E-state index contributed by atoms with van der Waals surface area (Å²) in [5.74, 6) is -0.162. The molecule has 0 aromatic heterocycles. The summed E-state index contributed by atoms with van der Waals surface area (Å²) in [6, 6.07) is 0. The van der Waals surface area contributed by atoms with Gasteiger partial charge in [-0.05, 0) is 57.8 Å². The molecular formula is C21H42N3O7P. The first-order chi connectivity index (χ1) is 15.2. The van der Waals surface area contributed by atoms with Crippen LogP contribution in [-0.4, -0.2) is 57.2 Å². The zero-order valence-electron chi connectivity index (χ0n) is 19.9. The van der Waals surface area contributed by atoms with Crippen LogP contribution in [0.15, 0.2) is 0 Å². The minimum Gasteiger partial charge on any atom is -0.356 e. The van der Waals surface area contributed by atoms with Gasteiger partial charge in [0.2, 0.25) is 17.7 Å². The third-order valence-corrected chi connectivity index (χ3v) is 5.83.